The number of thiophene rings is 1. The zero-order valence-electron chi connectivity index (χ0n) is 15.4. The van der Waals surface area contributed by atoms with Crippen LogP contribution in [0.1, 0.15) is 41.2 Å². The number of carbonyl (C=O) groups is 1. The molecule has 2 aliphatic heterocycles. The number of nitrogens with zero attached hydrogens (tertiary/aromatic N) is 5. The Bertz CT molecular complexity index is 756. The minimum atomic E-state index is -0.138. The summed E-state index contributed by atoms with van der Waals surface area (Å²) in [6.45, 7) is 11.0. The number of carbonyl (C=O) groups excluding carboxylic acids is 1. The van der Waals surface area contributed by atoms with Crippen LogP contribution in [0.3, 0.4) is 0 Å². The molecule has 0 spiro atoms. The maximum atomic E-state index is 12.6. The van der Waals surface area contributed by atoms with E-state index >= 15 is 0 Å². The van der Waals surface area contributed by atoms with Crippen molar-refractivity contribution in [1.82, 2.24) is 29.9 Å². The summed E-state index contributed by atoms with van der Waals surface area (Å²) in [7, 11) is 0. The first-order valence-electron chi connectivity index (χ1n) is 9.32. The van der Waals surface area contributed by atoms with Crippen LogP contribution in [0.15, 0.2) is 17.5 Å². The predicted molar refractivity (Wildman–Crippen MR) is 101 cm³/mol. The van der Waals surface area contributed by atoms with Gasteiger partial charge in [0.15, 0.2) is 5.82 Å². The number of nitrogens with one attached hydrogen (secondary N) is 1. The molecule has 1 N–H and O–H groups in total. The summed E-state index contributed by atoms with van der Waals surface area (Å²) in [6, 6.07) is 4.25. The van der Waals surface area contributed by atoms with E-state index in [-0.39, 0.29) is 11.9 Å². The molecular weight excluding hydrogens is 348 g/mol. The van der Waals surface area contributed by atoms with Gasteiger partial charge in [0.05, 0.1) is 12.6 Å². The Labute approximate surface area is 158 Å². The summed E-state index contributed by atoms with van der Waals surface area (Å²) in [6.07, 6.45) is 0. The summed E-state index contributed by atoms with van der Waals surface area (Å²) in [5, 5.41) is 13.6. The largest absolute Gasteiger partial charge is 0.344 e. The van der Waals surface area contributed by atoms with E-state index in [0.29, 0.717) is 18.3 Å². The molecule has 4 rings (SSSR count). The molecule has 1 amide bonds. The highest BCUT2D eigenvalue weighted by Crippen LogP contribution is 2.28. The SMILES string of the molecule is CC(C)CN1CCN2CCn3c(C(=O)NCc4cccs4)nnc3[C@H]2C1. The zero-order valence-corrected chi connectivity index (χ0v) is 16.2. The Kier molecular flexibility index (Phi) is 5.06. The highest BCUT2D eigenvalue weighted by Gasteiger charge is 2.36. The third kappa shape index (κ3) is 3.54. The van der Waals surface area contributed by atoms with Gasteiger partial charge in [-0.3, -0.25) is 14.6 Å². The number of aromatic nitrogens is 3. The monoisotopic (exact) mass is 374 g/mol. The van der Waals surface area contributed by atoms with Gasteiger partial charge in [0, 0.05) is 44.1 Å². The highest BCUT2D eigenvalue weighted by atomic mass is 32.1. The van der Waals surface area contributed by atoms with Gasteiger partial charge in [-0.05, 0) is 17.4 Å². The number of fused-ring (bicyclic) bond motifs is 3. The average molecular weight is 375 g/mol. The maximum absolute atomic E-state index is 12.6. The Morgan fingerprint density at radius 1 is 1.31 bits per heavy atom. The van der Waals surface area contributed by atoms with Gasteiger partial charge in [0.1, 0.15) is 0 Å². The quantitative estimate of drug-likeness (QED) is 0.861. The van der Waals surface area contributed by atoms with Crippen LogP contribution in [0.2, 0.25) is 0 Å². The lowest BCUT2D eigenvalue weighted by molar-refractivity contribution is 0.0442. The molecule has 2 aromatic heterocycles. The van der Waals surface area contributed by atoms with Crippen molar-refractivity contribution in [3.05, 3.63) is 34.0 Å². The van der Waals surface area contributed by atoms with Gasteiger partial charge < -0.3 is 9.88 Å². The number of rotatable bonds is 5. The van der Waals surface area contributed by atoms with Crippen LogP contribution in [-0.2, 0) is 13.1 Å². The van der Waals surface area contributed by atoms with Crippen LogP contribution >= 0.6 is 11.3 Å². The second kappa shape index (κ2) is 7.46. The first-order chi connectivity index (χ1) is 12.6. The van der Waals surface area contributed by atoms with E-state index in [1.165, 1.54) is 0 Å². The fraction of sp³-hybridized carbons (Fsp3) is 0.611. The third-order valence-corrected chi connectivity index (χ3v) is 5.97. The van der Waals surface area contributed by atoms with Gasteiger partial charge in [-0.15, -0.1) is 21.5 Å². The molecule has 1 fully saturated rings. The fourth-order valence-corrected chi connectivity index (χ4v) is 4.55. The van der Waals surface area contributed by atoms with Crippen LogP contribution in [0.4, 0.5) is 0 Å². The van der Waals surface area contributed by atoms with E-state index in [1.807, 2.05) is 22.1 Å². The van der Waals surface area contributed by atoms with Gasteiger partial charge in [0.2, 0.25) is 5.82 Å². The van der Waals surface area contributed by atoms with Crippen molar-refractivity contribution >= 4 is 17.2 Å². The lowest BCUT2D eigenvalue weighted by atomic mass is 10.1. The highest BCUT2D eigenvalue weighted by molar-refractivity contribution is 7.09. The van der Waals surface area contributed by atoms with Crippen molar-refractivity contribution in [2.45, 2.75) is 33.0 Å². The molecule has 0 bridgehead atoms. The van der Waals surface area contributed by atoms with Gasteiger partial charge in [0.25, 0.3) is 5.91 Å². The Hall–Kier alpha value is -1.77. The summed E-state index contributed by atoms with van der Waals surface area (Å²) in [4.78, 5) is 18.7. The molecule has 2 aromatic rings. The third-order valence-electron chi connectivity index (χ3n) is 5.09. The summed E-state index contributed by atoms with van der Waals surface area (Å²) >= 11 is 1.64. The first kappa shape index (κ1) is 17.6. The molecule has 1 atom stereocenters. The molecule has 1 saturated heterocycles. The second-order valence-corrected chi connectivity index (χ2v) is 8.53. The molecule has 140 valence electrons. The van der Waals surface area contributed by atoms with E-state index in [4.69, 9.17) is 0 Å². The van der Waals surface area contributed by atoms with Crippen molar-refractivity contribution in [3.63, 3.8) is 0 Å². The molecule has 0 aromatic carbocycles. The number of piperazine rings is 1. The zero-order chi connectivity index (χ0) is 18.1. The van der Waals surface area contributed by atoms with E-state index in [2.05, 4.69) is 39.2 Å². The summed E-state index contributed by atoms with van der Waals surface area (Å²) in [5.74, 6) is 1.89. The molecule has 0 radical (unpaired) electrons. The molecule has 0 aliphatic carbocycles. The van der Waals surface area contributed by atoms with Crippen molar-refractivity contribution in [2.24, 2.45) is 5.92 Å². The molecule has 2 aliphatic rings. The van der Waals surface area contributed by atoms with Gasteiger partial charge in [-0.25, -0.2) is 0 Å². The van der Waals surface area contributed by atoms with E-state index in [1.54, 1.807) is 11.3 Å². The summed E-state index contributed by atoms with van der Waals surface area (Å²) < 4.78 is 2.02. The van der Waals surface area contributed by atoms with E-state index in [9.17, 15) is 4.79 Å². The van der Waals surface area contributed by atoms with Gasteiger partial charge in [-0.2, -0.15) is 0 Å². The van der Waals surface area contributed by atoms with Crippen LogP contribution in [0, 0.1) is 5.92 Å². The number of hydrogen-bond donors (Lipinski definition) is 1. The van der Waals surface area contributed by atoms with Gasteiger partial charge >= 0.3 is 0 Å². The van der Waals surface area contributed by atoms with Crippen molar-refractivity contribution in [2.75, 3.05) is 32.7 Å². The Balaban J connectivity index is 1.48. The minimum absolute atomic E-state index is 0.138. The second-order valence-electron chi connectivity index (χ2n) is 7.50. The normalized spacial score (nSPS) is 20.8. The topological polar surface area (TPSA) is 66.3 Å². The fourth-order valence-electron chi connectivity index (χ4n) is 3.91. The molecule has 7 nitrogen and oxygen atoms in total. The number of amides is 1. The van der Waals surface area contributed by atoms with Crippen LogP contribution in [-0.4, -0.2) is 63.2 Å². The van der Waals surface area contributed by atoms with Crippen LogP contribution < -0.4 is 5.32 Å². The van der Waals surface area contributed by atoms with Crippen molar-refractivity contribution in [1.29, 1.82) is 0 Å². The lowest BCUT2D eigenvalue weighted by Crippen LogP contribution is -2.53. The molecule has 4 heterocycles. The van der Waals surface area contributed by atoms with Crippen LogP contribution in [0.25, 0.3) is 0 Å². The lowest BCUT2D eigenvalue weighted by Gasteiger charge is -2.43. The summed E-state index contributed by atoms with van der Waals surface area (Å²) in [5.41, 5.74) is 0. The molecule has 0 saturated carbocycles. The molecule has 0 unspecified atom stereocenters. The van der Waals surface area contributed by atoms with E-state index in [0.717, 1.165) is 50.0 Å². The molecule has 8 heteroatoms. The first-order valence-corrected chi connectivity index (χ1v) is 10.2. The Morgan fingerprint density at radius 2 is 2.15 bits per heavy atom. The maximum Gasteiger partial charge on any atom is 0.289 e. The molecular formula is C18H26N6OS. The average Bonchev–Trinajstić information content (AvgIpc) is 3.28. The number of hydrogen-bond acceptors (Lipinski definition) is 6. The van der Waals surface area contributed by atoms with E-state index < -0.39 is 0 Å². The standard InChI is InChI=1S/C18H26N6OS/c1-13(2)11-22-5-6-23-7-8-24-16(15(23)12-22)20-21-17(24)18(25)19-10-14-4-3-9-26-14/h3-4,9,13,15H,5-8,10-12H2,1-2H3,(H,19,25)/t15-/m1/s1. The minimum Gasteiger partial charge on any atom is -0.344 e. The molecule has 26 heavy (non-hydrogen) atoms. The smallest absolute Gasteiger partial charge is 0.289 e. The van der Waals surface area contributed by atoms with Crippen molar-refractivity contribution in [3.8, 4) is 0 Å². The van der Waals surface area contributed by atoms with Crippen molar-refractivity contribution < 1.29 is 4.79 Å². The predicted octanol–water partition coefficient (Wildman–Crippen LogP) is 1.60. The van der Waals surface area contributed by atoms with Crippen LogP contribution in [0.5, 0.6) is 0 Å². The Morgan fingerprint density at radius 3 is 2.92 bits per heavy atom. The van der Waals surface area contributed by atoms with Gasteiger partial charge in [-0.1, -0.05) is 19.9 Å².